The van der Waals surface area contributed by atoms with Gasteiger partial charge in [0.1, 0.15) is 11.2 Å². The Hall–Kier alpha value is -2.96. The topological polar surface area (TPSA) is 90.1 Å². The van der Waals surface area contributed by atoms with E-state index in [0.717, 1.165) is 12.1 Å². The van der Waals surface area contributed by atoms with Gasteiger partial charge in [-0.2, -0.15) is 4.98 Å². The molecule has 0 aliphatic heterocycles. The Kier molecular flexibility index (Phi) is 4.41. The number of carbonyl (C=O) groups is 1. The van der Waals surface area contributed by atoms with Crippen molar-refractivity contribution in [2.45, 2.75) is 27.2 Å². The number of nitrogens with zero attached hydrogens (tertiary/aromatic N) is 3. The highest BCUT2D eigenvalue weighted by molar-refractivity contribution is 5.94. The van der Waals surface area contributed by atoms with Crippen molar-refractivity contribution < 1.29 is 14.1 Å². The number of ether oxygens (including phenoxy) is 1. The summed E-state index contributed by atoms with van der Waals surface area (Å²) in [4.78, 5) is 20.4. The van der Waals surface area contributed by atoms with Gasteiger partial charge in [-0.05, 0) is 38.0 Å². The minimum absolute atomic E-state index is 0.0605. The zero-order valence-corrected chi connectivity index (χ0v) is 13.8. The van der Waals surface area contributed by atoms with E-state index >= 15 is 0 Å². The number of esters is 1. The fraction of sp³-hybridized carbons (Fsp3) is 0.294. The first kappa shape index (κ1) is 15.9. The number of rotatable bonds is 5. The van der Waals surface area contributed by atoms with Crippen LogP contribution in [0.4, 0.5) is 11.5 Å². The minimum Gasteiger partial charge on any atom is -0.460 e. The molecule has 2 aromatic heterocycles. The Morgan fingerprint density at radius 2 is 2.12 bits per heavy atom. The fourth-order valence-corrected chi connectivity index (χ4v) is 2.37. The number of fused-ring (bicyclic) bond motifs is 1. The van der Waals surface area contributed by atoms with Gasteiger partial charge in [0.05, 0.1) is 12.3 Å². The van der Waals surface area contributed by atoms with Crippen molar-refractivity contribution in [1.29, 1.82) is 0 Å². The summed E-state index contributed by atoms with van der Waals surface area (Å²) in [5.41, 5.74) is 2.96. The molecule has 3 rings (SSSR count). The van der Waals surface area contributed by atoms with E-state index in [-0.39, 0.29) is 18.1 Å². The van der Waals surface area contributed by atoms with Gasteiger partial charge in [-0.3, -0.25) is 0 Å². The van der Waals surface area contributed by atoms with E-state index < -0.39 is 5.97 Å². The van der Waals surface area contributed by atoms with Crippen LogP contribution in [0.2, 0.25) is 0 Å². The molecule has 0 bridgehead atoms. The molecule has 0 fully saturated rings. The first-order valence-corrected chi connectivity index (χ1v) is 7.79. The lowest BCUT2D eigenvalue weighted by Gasteiger charge is -2.09. The van der Waals surface area contributed by atoms with Crippen LogP contribution in [0.15, 0.2) is 28.8 Å². The zero-order valence-electron chi connectivity index (χ0n) is 13.8. The lowest BCUT2D eigenvalue weighted by molar-refractivity contribution is 0.0512. The van der Waals surface area contributed by atoms with E-state index in [1.165, 1.54) is 5.56 Å². The summed E-state index contributed by atoms with van der Waals surface area (Å²) in [5.74, 6) is -0.191. The summed E-state index contributed by atoms with van der Waals surface area (Å²) >= 11 is 0. The van der Waals surface area contributed by atoms with E-state index in [0.29, 0.717) is 16.9 Å². The molecule has 0 radical (unpaired) electrons. The van der Waals surface area contributed by atoms with E-state index in [1.54, 1.807) is 13.8 Å². The van der Waals surface area contributed by atoms with Crippen LogP contribution in [0.3, 0.4) is 0 Å². The number of hydrogen-bond acceptors (Lipinski definition) is 7. The van der Waals surface area contributed by atoms with Crippen LogP contribution in [0.5, 0.6) is 0 Å². The van der Waals surface area contributed by atoms with Crippen molar-refractivity contribution >= 4 is 28.6 Å². The van der Waals surface area contributed by atoms with Gasteiger partial charge in [-0.15, -0.1) is 0 Å². The summed E-state index contributed by atoms with van der Waals surface area (Å²) in [5, 5.41) is 7.78. The number of hydrogen-bond donors (Lipinski definition) is 1. The SMILES string of the molecule is CCOC(=O)c1nc(Nc2cccc(CC)c2)c2c(C)noc2n1. The Morgan fingerprint density at radius 1 is 1.29 bits per heavy atom. The molecule has 0 aliphatic carbocycles. The average Bonchev–Trinajstić information content (AvgIpc) is 2.96. The van der Waals surface area contributed by atoms with Gasteiger partial charge >= 0.3 is 5.97 Å². The van der Waals surface area contributed by atoms with Crippen LogP contribution >= 0.6 is 0 Å². The van der Waals surface area contributed by atoms with E-state index in [1.807, 2.05) is 18.2 Å². The van der Waals surface area contributed by atoms with E-state index in [9.17, 15) is 4.79 Å². The predicted octanol–water partition coefficient (Wildman–Crippen LogP) is 3.41. The van der Waals surface area contributed by atoms with Crippen molar-refractivity contribution in [1.82, 2.24) is 15.1 Å². The Balaban J connectivity index is 2.07. The molecule has 2 heterocycles. The fourth-order valence-electron chi connectivity index (χ4n) is 2.37. The lowest BCUT2D eigenvalue weighted by Crippen LogP contribution is -2.11. The molecule has 0 atom stereocenters. The third kappa shape index (κ3) is 3.05. The van der Waals surface area contributed by atoms with Crippen LogP contribution in [0.1, 0.15) is 35.7 Å². The number of nitrogens with one attached hydrogen (secondary N) is 1. The highest BCUT2D eigenvalue weighted by Gasteiger charge is 2.19. The summed E-state index contributed by atoms with van der Waals surface area (Å²) in [6.07, 6.45) is 0.926. The van der Waals surface area contributed by atoms with Gasteiger partial charge in [-0.25, -0.2) is 9.78 Å². The molecule has 0 saturated heterocycles. The Morgan fingerprint density at radius 3 is 2.88 bits per heavy atom. The largest absolute Gasteiger partial charge is 0.460 e. The average molecular weight is 326 g/mol. The van der Waals surface area contributed by atoms with Gasteiger partial charge in [0, 0.05) is 5.69 Å². The van der Waals surface area contributed by atoms with Crippen molar-refractivity contribution in [3.8, 4) is 0 Å². The Bertz CT molecular complexity index is 889. The standard InChI is InChI=1S/C17H18N4O3/c1-4-11-7-6-8-12(9-11)18-14-13-10(3)21-24-16(13)20-15(19-14)17(22)23-5-2/h6-9H,4-5H2,1-3H3,(H,18,19,20). The van der Waals surface area contributed by atoms with Gasteiger partial charge in [0.25, 0.3) is 5.71 Å². The number of benzene rings is 1. The highest BCUT2D eigenvalue weighted by Crippen LogP contribution is 2.27. The zero-order chi connectivity index (χ0) is 17.1. The third-order valence-corrected chi connectivity index (χ3v) is 3.56. The molecule has 7 heteroatoms. The molecule has 124 valence electrons. The second-order valence-corrected chi connectivity index (χ2v) is 5.24. The maximum atomic E-state index is 12.0. The summed E-state index contributed by atoms with van der Waals surface area (Å²) in [6.45, 7) is 5.86. The number of carbonyl (C=O) groups excluding carboxylic acids is 1. The predicted molar refractivity (Wildman–Crippen MR) is 89.4 cm³/mol. The molecule has 1 N–H and O–H groups in total. The minimum atomic E-state index is -0.598. The van der Waals surface area contributed by atoms with Gasteiger partial charge in [-0.1, -0.05) is 24.2 Å². The van der Waals surface area contributed by atoms with Crippen molar-refractivity contribution in [2.24, 2.45) is 0 Å². The van der Waals surface area contributed by atoms with Gasteiger partial charge < -0.3 is 14.6 Å². The highest BCUT2D eigenvalue weighted by atomic mass is 16.5. The molecule has 1 aromatic carbocycles. The number of anilines is 2. The van der Waals surface area contributed by atoms with Crippen LogP contribution in [-0.4, -0.2) is 27.7 Å². The molecule has 0 aliphatic rings. The quantitative estimate of drug-likeness (QED) is 0.718. The molecule has 3 aromatic rings. The van der Waals surface area contributed by atoms with Crippen LogP contribution < -0.4 is 5.32 Å². The Labute approximate surface area is 139 Å². The van der Waals surface area contributed by atoms with Crippen LogP contribution in [0, 0.1) is 6.92 Å². The molecule has 7 nitrogen and oxygen atoms in total. The maximum Gasteiger partial charge on any atom is 0.376 e. The molecule has 0 saturated carbocycles. The smallest absolute Gasteiger partial charge is 0.376 e. The maximum absolute atomic E-state index is 12.0. The van der Waals surface area contributed by atoms with Crippen LogP contribution in [-0.2, 0) is 11.2 Å². The summed E-state index contributed by atoms with van der Waals surface area (Å²) in [6, 6.07) is 7.97. The van der Waals surface area contributed by atoms with E-state index in [4.69, 9.17) is 9.26 Å². The van der Waals surface area contributed by atoms with Crippen molar-refractivity contribution in [3.63, 3.8) is 0 Å². The molecule has 24 heavy (non-hydrogen) atoms. The second-order valence-electron chi connectivity index (χ2n) is 5.24. The second kappa shape index (κ2) is 6.66. The van der Waals surface area contributed by atoms with Gasteiger partial charge in [0.2, 0.25) is 5.82 Å². The normalized spacial score (nSPS) is 10.8. The molecular weight excluding hydrogens is 308 g/mol. The molecular formula is C17H18N4O3. The van der Waals surface area contributed by atoms with Crippen LogP contribution in [0.25, 0.3) is 11.1 Å². The number of aromatic nitrogens is 3. The van der Waals surface area contributed by atoms with E-state index in [2.05, 4.69) is 33.4 Å². The summed E-state index contributed by atoms with van der Waals surface area (Å²) < 4.78 is 10.2. The summed E-state index contributed by atoms with van der Waals surface area (Å²) in [7, 11) is 0. The lowest BCUT2D eigenvalue weighted by atomic mass is 10.1. The molecule has 0 unspecified atom stereocenters. The first-order chi connectivity index (χ1) is 11.6. The van der Waals surface area contributed by atoms with Crippen molar-refractivity contribution in [3.05, 3.63) is 41.3 Å². The third-order valence-electron chi connectivity index (χ3n) is 3.56. The number of aryl methyl sites for hydroxylation is 2. The first-order valence-electron chi connectivity index (χ1n) is 7.79. The molecule has 0 amide bonds. The van der Waals surface area contributed by atoms with Crippen molar-refractivity contribution in [2.75, 3.05) is 11.9 Å². The monoisotopic (exact) mass is 326 g/mol. The molecule has 0 spiro atoms. The van der Waals surface area contributed by atoms with Gasteiger partial charge in [0.15, 0.2) is 0 Å².